The van der Waals surface area contributed by atoms with Crippen molar-refractivity contribution in [1.82, 2.24) is 5.32 Å². The van der Waals surface area contributed by atoms with Gasteiger partial charge in [0.05, 0.1) is 33.8 Å². The molecule has 0 aliphatic heterocycles. The van der Waals surface area contributed by atoms with Crippen LogP contribution in [0.2, 0.25) is 0 Å². The Morgan fingerprint density at radius 1 is 0.444 bits per heavy atom. The molecule has 10 heteroatoms. The summed E-state index contributed by atoms with van der Waals surface area (Å²) in [5.41, 5.74) is 0. The number of rotatable bonds is 60. The number of likely N-dealkylation sites (N-methyl/N-ethyl adjacent to an activating group) is 1. The van der Waals surface area contributed by atoms with E-state index in [2.05, 4.69) is 111 Å². The lowest BCUT2D eigenvalue weighted by Crippen LogP contribution is -2.47. The molecule has 0 rings (SSSR count). The van der Waals surface area contributed by atoms with Crippen LogP contribution in [0, 0.1) is 0 Å². The number of hydrogen-bond acceptors (Lipinski definition) is 7. The van der Waals surface area contributed by atoms with E-state index < -0.39 is 26.6 Å². The number of esters is 1. The number of unbranched alkanes of at least 4 members (excludes halogenated alkanes) is 30. The van der Waals surface area contributed by atoms with Crippen molar-refractivity contribution in [2.24, 2.45) is 0 Å². The van der Waals surface area contributed by atoms with Gasteiger partial charge >= 0.3 is 5.97 Å². The Kier molecular flexibility index (Phi) is 57.8. The van der Waals surface area contributed by atoms with Crippen molar-refractivity contribution in [3.8, 4) is 0 Å². The zero-order valence-electron chi connectivity index (χ0n) is 53.5. The van der Waals surface area contributed by atoms with Gasteiger partial charge in [-0.1, -0.05) is 266 Å². The number of phosphoric acid groups is 1. The fraction of sp³-hybridized carbons (Fsp3) is 0.746. The first-order valence-electron chi connectivity index (χ1n) is 33.5. The van der Waals surface area contributed by atoms with Crippen LogP contribution in [0.5, 0.6) is 0 Å². The number of carbonyl (C=O) groups excluding carboxylic acids is 2. The number of nitrogens with zero attached hydrogens (tertiary/aromatic N) is 1. The Hall–Kier alpha value is -3.07. The predicted molar refractivity (Wildman–Crippen MR) is 348 cm³/mol. The Labute approximate surface area is 500 Å². The average molecular weight is 1150 g/mol. The van der Waals surface area contributed by atoms with Crippen LogP contribution in [0.4, 0.5) is 0 Å². The molecular formula is C71H127N2O7P. The predicted octanol–water partition coefficient (Wildman–Crippen LogP) is 20.5. The number of hydrogen-bond donors (Lipinski definition) is 1. The van der Waals surface area contributed by atoms with Crippen molar-refractivity contribution < 1.29 is 37.3 Å². The van der Waals surface area contributed by atoms with Crippen LogP contribution in [0.1, 0.15) is 290 Å². The SMILES string of the molecule is CC/C=C\C/C=C\C/C=C\C/C=C\C/C=C\CCCCCC(=O)OC(/C=C\CCCCCCCCCCC)C(COP(=O)([O-])OCC[N+](C)(C)C)NC(=O)CCCCCCCCCCCCCCCCC/C=C\C/C=C\CCCCC. The number of ether oxygens (including phenoxy) is 1. The molecule has 0 radical (unpaired) electrons. The van der Waals surface area contributed by atoms with Gasteiger partial charge in [0.1, 0.15) is 19.3 Å². The van der Waals surface area contributed by atoms with E-state index in [0.29, 0.717) is 23.9 Å². The van der Waals surface area contributed by atoms with E-state index in [-0.39, 0.29) is 24.9 Å². The van der Waals surface area contributed by atoms with Crippen LogP contribution in [0.3, 0.4) is 0 Å². The molecule has 1 amide bonds. The first kappa shape index (κ1) is 77.9. The molecule has 0 saturated carbocycles. The van der Waals surface area contributed by atoms with Gasteiger partial charge in [-0.25, -0.2) is 0 Å². The van der Waals surface area contributed by atoms with Gasteiger partial charge in [0.2, 0.25) is 5.91 Å². The molecule has 0 aromatic rings. The minimum Gasteiger partial charge on any atom is -0.756 e. The fourth-order valence-electron chi connectivity index (χ4n) is 9.34. The molecule has 0 aliphatic carbocycles. The minimum atomic E-state index is -4.71. The number of amides is 1. The van der Waals surface area contributed by atoms with Gasteiger partial charge in [0.25, 0.3) is 7.82 Å². The summed E-state index contributed by atoms with van der Waals surface area (Å²) < 4.78 is 30.3. The quantitative estimate of drug-likeness (QED) is 0.0212. The summed E-state index contributed by atoms with van der Waals surface area (Å²) in [6.45, 7) is 6.69. The number of quaternary nitrogens is 1. The average Bonchev–Trinajstić information content (AvgIpc) is 3.44. The number of carbonyl (C=O) groups is 2. The minimum absolute atomic E-state index is 0.0313. The molecule has 0 aromatic heterocycles. The molecule has 0 bridgehead atoms. The Balaban J connectivity index is 5.12. The summed E-state index contributed by atoms with van der Waals surface area (Å²) in [4.78, 5) is 40.1. The molecule has 0 heterocycles. The molecule has 9 nitrogen and oxygen atoms in total. The largest absolute Gasteiger partial charge is 0.756 e. The topological polar surface area (TPSA) is 114 Å². The third kappa shape index (κ3) is 61.3. The summed E-state index contributed by atoms with van der Waals surface area (Å²) in [5.74, 6) is -0.578. The second-order valence-electron chi connectivity index (χ2n) is 23.6. The maximum atomic E-state index is 13.6. The van der Waals surface area contributed by atoms with Gasteiger partial charge in [-0.3, -0.25) is 14.2 Å². The molecule has 3 unspecified atom stereocenters. The summed E-state index contributed by atoms with van der Waals surface area (Å²) in [6, 6.07) is -0.907. The maximum absolute atomic E-state index is 13.6. The van der Waals surface area contributed by atoms with E-state index in [1.54, 1.807) is 0 Å². The highest BCUT2D eigenvalue weighted by Gasteiger charge is 2.27. The number of allylic oxidation sites excluding steroid dienone is 15. The first-order chi connectivity index (χ1) is 39.4. The van der Waals surface area contributed by atoms with E-state index in [1.165, 1.54) is 154 Å². The van der Waals surface area contributed by atoms with E-state index in [0.717, 1.165) is 96.3 Å². The van der Waals surface area contributed by atoms with Crippen LogP contribution < -0.4 is 10.2 Å². The van der Waals surface area contributed by atoms with Gasteiger partial charge in [0.15, 0.2) is 0 Å². The van der Waals surface area contributed by atoms with Crippen molar-refractivity contribution in [2.45, 2.75) is 303 Å². The van der Waals surface area contributed by atoms with Crippen molar-refractivity contribution in [3.63, 3.8) is 0 Å². The molecule has 81 heavy (non-hydrogen) atoms. The van der Waals surface area contributed by atoms with Gasteiger partial charge in [0, 0.05) is 12.8 Å². The highest BCUT2D eigenvalue weighted by atomic mass is 31.2. The molecule has 0 aliphatic rings. The third-order valence-corrected chi connectivity index (χ3v) is 15.5. The maximum Gasteiger partial charge on any atom is 0.306 e. The van der Waals surface area contributed by atoms with Crippen LogP contribution in [0.15, 0.2) is 97.2 Å². The Morgan fingerprint density at radius 3 is 1.22 bits per heavy atom. The van der Waals surface area contributed by atoms with Crippen LogP contribution in [-0.4, -0.2) is 69.4 Å². The second kappa shape index (κ2) is 60.1. The standard InChI is InChI=1S/C71H127N2O7P/c1-7-10-13-16-19-22-25-27-29-31-33-34-35-36-37-38-40-41-43-45-48-51-54-57-60-63-70(74)72-68(67-79-81(76,77)78-66-65-73(4,5)6)69(62-59-56-53-50-47-24-21-18-15-12-9-3)80-71(75)64-61-58-55-52-49-46-44-42-39-32-30-28-26-23-20-17-14-11-8-2/h11,14,19-20,22-23,27-30,39,42,46,49,59,62,68-69H,7-10,12-13,15-18,21,24-26,31-38,40-41,43-45,47-48,50-58,60-61,63-67H2,1-6H3,(H-,72,74,76,77)/b14-11-,22-19-,23-20-,29-27-,30-28-,42-39-,49-46-,62-59-. The van der Waals surface area contributed by atoms with Gasteiger partial charge in [-0.05, 0) is 109 Å². The molecule has 0 saturated heterocycles. The smallest absolute Gasteiger partial charge is 0.306 e. The zero-order chi connectivity index (χ0) is 59.3. The monoisotopic (exact) mass is 1150 g/mol. The van der Waals surface area contributed by atoms with Crippen LogP contribution in [0.25, 0.3) is 0 Å². The first-order valence-corrected chi connectivity index (χ1v) is 35.0. The van der Waals surface area contributed by atoms with Crippen molar-refractivity contribution in [1.29, 1.82) is 0 Å². The summed E-state index contributed by atoms with van der Waals surface area (Å²) >= 11 is 0. The third-order valence-electron chi connectivity index (χ3n) is 14.5. The van der Waals surface area contributed by atoms with E-state index in [1.807, 2.05) is 33.3 Å². The number of phosphoric ester groups is 1. The Bertz CT molecular complexity index is 1710. The fourth-order valence-corrected chi connectivity index (χ4v) is 10.1. The van der Waals surface area contributed by atoms with Crippen molar-refractivity contribution in [2.75, 3.05) is 40.9 Å². The second-order valence-corrected chi connectivity index (χ2v) is 25.0. The highest BCUT2D eigenvalue weighted by Crippen LogP contribution is 2.38. The molecule has 0 fully saturated rings. The number of nitrogens with one attached hydrogen (secondary N) is 1. The molecule has 3 atom stereocenters. The summed E-state index contributed by atoms with van der Waals surface area (Å²) in [6.07, 6.45) is 81.0. The van der Waals surface area contributed by atoms with Gasteiger partial charge in [-0.15, -0.1) is 0 Å². The molecule has 0 spiro atoms. The molecule has 1 N–H and O–H groups in total. The molecule has 0 aromatic carbocycles. The lowest BCUT2D eigenvalue weighted by molar-refractivity contribution is -0.870. The molecule has 468 valence electrons. The summed E-state index contributed by atoms with van der Waals surface area (Å²) in [5, 5.41) is 3.03. The lowest BCUT2D eigenvalue weighted by atomic mass is 10.0. The van der Waals surface area contributed by atoms with Crippen LogP contribution in [-0.2, 0) is 27.9 Å². The van der Waals surface area contributed by atoms with Crippen LogP contribution >= 0.6 is 7.82 Å². The van der Waals surface area contributed by atoms with Gasteiger partial charge < -0.3 is 28.5 Å². The normalized spacial score (nSPS) is 14.2. The Morgan fingerprint density at radius 2 is 0.790 bits per heavy atom. The highest BCUT2D eigenvalue weighted by molar-refractivity contribution is 7.45. The lowest BCUT2D eigenvalue weighted by Gasteiger charge is -2.30. The van der Waals surface area contributed by atoms with E-state index in [9.17, 15) is 19.0 Å². The van der Waals surface area contributed by atoms with Crippen molar-refractivity contribution in [3.05, 3.63) is 97.2 Å². The molecular weight excluding hydrogens is 1020 g/mol. The van der Waals surface area contributed by atoms with E-state index >= 15 is 0 Å². The van der Waals surface area contributed by atoms with E-state index in [4.69, 9.17) is 13.8 Å². The summed E-state index contributed by atoms with van der Waals surface area (Å²) in [7, 11) is 1.16. The van der Waals surface area contributed by atoms with Crippen molar-refractivity contribution >= 4 is 19.7 Å². The zero-order valence-corrected chi connectivity index (χ0v) is 54.4. The van der Waals surface area contributed by atoms with Gasteiger partial charge in [-0.2, -0.15) is 0 Å².